The lowest BCUT2D eigenvalue weighted by Crippen LogP contribution is -2.47. The van der Waals surface area contributed by atoms with E-state index >= 15 is 0 Å². The van der Waals surface area contributed by atoms with Gasteiger partial charge in [-0.2, -0.15) is 0 Å². The van der Waals surface area contributed by atoms with E-state index in [2.05, 4.69) is 15.6 Å². The molecule has 0 unspecified atom stereocenters. The lowest BCUT2D eigenvalue weighted by atomic mass is 10.1. The Bertz CT molecular complexity index is 682. The zero-order valence-electron chi connectivity index (χ0n) is 13.9. The van der Waals surface area contributed by atoms with Crippen LogP contribution in [0.3, 0.4) is 0 Å². The third-order valence-electron chi connectivity index (χ3n) is 3.65. The van der Waals surface area contributed by atoms with Crippen molar-refractivity contribution in [1.29, 1.82) is 0 Å². The third kappa shape index (κ3) is 4.92. The number of aromatic nitrogens is 2. The summed E-state index contributed by atoms with van der Waals surface area (Å²) in [5.41, 5.74) is 7.65. The second-order valence-electron chi connectivity index (χ2n) is 5.90. The highest BCUT2D eigenvalue weighted by molar-refractivity contribution is 5.87. The van der Waals surface area contributed by atoms with Crippen LogP contribution in [0.5, 0.6) is 0 Å². The van der Waals surface area contributed by atoms with Gasteiger partial charge in [-0.3, -0.25) is 9.59 Å². The minimum absolute atomic E-state index is 0.0268. The third-order valence-corrected chi connectivity index (χ3v) is 3.65. The molecule has 0 spiro atoms. The van der Waals surface area contributed by atoms with Gasteiger partial charge in [0.2, 0.25) is 11.8 Å². The Balaban J connectivity index is 1.82. The van der Waals surface area contributed by atoms with Crippen LogP contribution in [-0.4, -0.2) is 34.0 Å². The molecule has 2 amide bonds. The molecular formula is C17H23N5O2. The van der Waals surface area contributed by atoms with Gasteiger partial charge in [-0.15, -0.1) is 0 Å². The van der Waals surface area contributed by atoms with Gasteiger partial charge in [-0.25, -0.2) is 4.98 Å². The van der Waals surface area contributed by atoms with Crippen molar-refractivity contribution in [3.8, 4) is 5.69 Å². The van der Waals surface area contributed by atoms with Crippen LogP contribution in [-0.2, 0) is 16.1 Å². The standard InChI is InChI=1S/C17H23N5O2/c1-12(2)16(18)17(24)21-10-15(23)20-9-13-4-3-5-14(8-13)22-7-6-19-11-22/h3-8,11-12,16H,9-10,18H2,1-2H3,(H,20,23)(H,21,24)/t16-/m0/s1. The summed E-state index contributed by atoms with van der Waals surface area (Å²) in [6, 6.07) is 7.16. The Labute approximate surface area is 141 Å². The highest BCUT2D eigenvalue weighted by Crippen LogP contribution is 2.10. The molecule has 7 heteroatoms. The van der Waals surface area contributed by atoms with Crippen molar-refractivity contribution in [1.82, 2.24) is 20.2 Å². The summed E-state index contributed by atoms with van der Waals surface area (Å²) in [6.45, 7) is 4.02. The SMILES string of the molecule is CC(C)[C@H](N)C(=O)NCC(=O)NCc1cccc(-n2ccnc2)c1. The minimum Gasteiger partial charge on any atom is -0.350 e. The zero-order chi connectivity index (χ0) is 17.5. The van der Waals surface area contributed by atoms with Gasteiger partial charge < -0.3 is 20.9 Å². The molecular weight excluding hydrogens is 306 g/mol. The van der Waals surface area contributed by atoms with Gasteiger partial charge in [0.15, 0.2) is 0 Å². The first-order valence-electron chi connectivity index (χ1n) is 7.84. The molecule has 0 saturated heterocycles. The van der Waals surface area contributed by atoms with E-state index in [0.29, 0.717) is 6.54 Å². The van der Waals surface area contributed by atoms with E-state index < -0.39 is 6.04 Å². The van der Waals surface area contributed by atoms with Crippen molar-refractivity contribution >= 4 is 11.8 Å². The normalized spacial score (nSPS) is 12.0. The summed E-state index contributed by atoms with van der Waals surface area (Å²) in [5.74, 6) is -0.548. The van der Waals surface area contributed by atoms with Crippen molar-refractivity contribution in [3.05, 3.63) is 48.5 Å². The van der Waals surface area contributed by atoms with E-state index in [1.807, 2.05) is 48.9 Å². The number of nitrogens with zero attached hydrogens (tertiary/aromatic N) is 2. The largest absolute Gasteiger partial charge is 0.350 e. The molecule has 0 bridgehead atoms. The summed E-state index contributed by atoms with van der Waals surface area (Å²) in [7, 11) is 0. The maximum Gasteiger partial charge on any atom is 0.239 e. The number of carbonyl (C=O) groups is 2. The Hall–Kier alpha value is -2.67. The Morgan fingerprint density at radius 3 is 2.75 bits per heavy atom. The molecule has 0 radical (unpaired) electrons. The number of benzene rings is 1. The number of hydrogen-bond donors (Lipinski definition) is 3. The van der Waals surface area contributed by atoms with Crippen LogP contribution in [0.15, 0.2) is 43.0 Å². The average molecular weight is 329 g/mol. The van der Waals surface area contributed by atoms with Crippen LogP contribution in [0, 0.1) is 5.92 Å². The summed E-state index contributed by atoms with van der Waals surface area (Å²) in [5, 5.41) is 5.32. The second-order valence-corrected chi connectivity index (χ2v) is 5.90. The number of imidazole rings is 1. The molecule has 2 rings (SSSR count). The summed E-state index contributed by atoms with van der Waals surface area (Å²) < 4.78 is 1.89. The van der Waals surface area contributed by atoms with E-state index in [9.17, 15) is 9.59 Å². The van der Waals surface area contributed by atoms with Crippen LogP contribution in [0.1, 0.15) is 19.4 Å². The number of carbonyl (C=O) groups excluding carboxylic acids is 2. The highest BCUT2D eigenvalue weighted by atomic mass is 16.2. The van der Waals surface area contributed by atoms with Crippen molar-refractivity contribution in [2.75, 3.05) is 6.54 Å². The quantitative estimate of drug-likeness (QED) is 0.692. The summed E-state index contributed by atoms with van der Waals surface area (Å²) >= 11 is 0. The first-order chi connectivity index (χ1) is 11.5. The molecule has 1 aromatic carbocycles. The van der Waals surface area contributed by atoms with Crippen molar-refractivity contribution in [3.63, 3.8) is 0 Å². The van der Waals surface area contributed by atoms with Crippen molar-refractivity contribution in [2.24, 2.45) is 11.7 Å². The maximum atomic E-state index is 11.8. The smallest absolute Gasteiger partial charge is 0.239 e. The molecule has 0 aliphatic carbocycles. The van der Waals surface area contributed by atoms with Crippen LogP contribution in [0.25, 0.3) is 5.69 Å². The van der Waals surface area contributed by atoms with E-state index in [1.165, 1.54) is 0 Å². The molecule has 0 aliphatic heterocycles. The number of amides is 2. The maximum absolute atomic E-state index is 11.8. The molecule has 1 atom stereocenters. The molecule has 128 valence electrons. The molecule has 7 nitrogen and oxygen atoms in total. The van der Waals surface area contributed by atoms with Gasteiger partial charge in [-0.1, -0.05) is 26.0 Å². The molecule has 0 aliphatic rings. The van der Waals surface area contributed by atoms with E-state index in [-0.39, 0.29) is 24.3 Å². The van der Waals surface area contributed by atoms with Gasteiger partial charge in [0.05, 0.1) is 18.9 Å². The molecule has 1 aromatic heterocycles. The first-order valence-corrected chi connectivity index (χ1v) is 7.84. The van der Waals surface area contributed by atoms with E-state index in [4.69, 9.17) is 5.73 Å². The van der Waals surface area contributed by atoms with Crippen molar-refractivity contribution < 1.29 is 9.59 Å². The van der Waals surface area contributed by atoms with Crippen LogP contribution in [0.2, 0.25) is 0 Å². The monoisotopic (exact) mass is 329 g/mol. The number of hydrogen-bond acceptors (Lipinski definition) is 4. The number of nitrogens with one attached hydrogen (secondary N) is 2. The van der Waals surface area contributed by atoms with Gasteiger partial charge in [0.1, 0.15) is 0 Å². The summed E-state index contributed by atoms with van der Waals surface area (Å²) in [6.07, 6.45) is 5.27. The Kier molecular flexibility index (Phi) is 6.08. The minimum atomic E-state index is -0.607. The van der Waals surface area contributed by atoms with Gasteiger partial charge >= 0.3 is 0 Å². The van der Waals surface area contributed by atoms with Crippen molar-refractivity contribution in [2.45, 2.75) is 26.4 Å². The topological polar surface area (TPSA) is 102 Å². The van der Waals surface area contributed by atoms with Gasteiger partial charge in [-0.05, 0) is 23.6 Å². The fraction of sp³-hybridized carbons (Fsp3) is 0.353. The molecule has 1 heterocycles. The predicted octanol–water partition coefficient (Wildman–Crippen LogP) is 0.588. The highest BCUT2D eigenvalue weighted by Gasteiger charge is 2.17. The molecule has 24 heavy (non-hydrogen) atoms. The average Bonchev–Trinajstić information content (AvgIpc) is 3.12. The first kappa shape index (κ1) is 17.7. The molecule has 2 aromatic rings. The fourth-order valence-electron chi connectivity index (χ4n) is 2.09. The molecule has 4 N–H and O–H groups in total. The van der Waals surface area contributed by atoms with Crippen LogP contribution >= 0.6 is 0 Å². The lowest BCUT2D eigenvalue weighted by molar-refractivity contribution is -0.127. The Morgan fingerprint density at radius 1 is 1.29 bits per heavy atom. The zero-order valence-corrected chi connectivity index (χ0v) is 13.9. The molecule has 0 fully saturated rings. The fourth-order valence-corrected chi connectivity index (χ4v) is 2.09. The number of nitrogens with two attached hydrogens (primary N) is 1. The van der Waals surface area contributed by atoms with E-state index in [0.717, 1.165) is 11.3 Å². The Morgan fingerprint density at radius 2 is 2.08 bits per heavy atom. The van der Waals surface area contributed by atoms with Crippen LogP contribution in [0.4, 0.5) is 0 Å². The van der Waals surface area contributed by atoms with Crippen LogP contribution < -0.4 is 16.4 Å². The predicted molar refractivity (Wildman–Crippen MR) is 91.2 cm³/mol. The molecule has 0 saturated carbocycles. The lowest BCUT2D eigenvalue weighted by Gasteiger charge is -2.15. The second kappa shape index (κ2) is 8.26. The summed E-state index contributed by atoms with van der Waals surface area (Å²) in [4.78, 5) is 27.6. The number of rotatable bonds is 7. The van der Waals surface area contributed by atoms with Gasteiger partial charge in [0, 0.05) is 24.6 Å². The van der Waals surface area contributed by atoms with Gasteiger partial charge in [0.25, 0.3) is 0 Å². The van der Waals surface area contributed by atoms with E-state index in [1.54, 1.807) is 12.5 Å².